The molecule has 6 heteroatoms. The molecule has 1 aliphatic rings. The molecule has 0 N–H and O–H groups in total. The minimum atomic E-state index is -0.618. The number of hydrogen-bond acceptors (Lipinski definition) is 3. The molecule has 1 heterocycles. The van der Waals surface area contributed by atoms with Gasteiger partial charge in [0.15, 0.2) is 0 Å². The molecule has 0 aliphatic carbocycles. The molecule has 0 amide bonds. The summed E-state index contributed by atoms with van der Waals surface area (Å²) < 4.78 is 34.0. The van der Waals surface area contributed by atoms with Crippen LogP contribution in [-0.2, 0) is 4.74 Å². The summed E-state index contributed by atoms with van der Waals surface area (Å²) in [5, 5.41) is 10.1. The summed E-state index contributed by atoms with van der Waals surface area (Å²) in [4.78, 5) is 2.32. The van der Waals surface area contributed by atoms with E-state index in [1.807, 2.05) is 56.3 Å². The van der Waals surface area contributed by atoms with Crippen LogP contribution in [0, 0.1) is 28.9 Å². The lowest BCUT2D eigenvalue weighted by atomic mass is 9.71. The molecule has 1 aliphatic heterocycles. The van der Waals surface area contributed by atoms with Crippen LogP contribution in [0.25, 0.3) is 0 Å². The van der Waals surface area contributed by atoms with Crippen LogP contribution in [0.15, 0.2) is 66.7 Å². The fourth-order valence-corrected chi connectivity index (χ4v) is 5.26. The van der Waals surface area contributed by atoms with Gasteiger partial charge in [0.1, 0.15) is 11.6 Å². The average molecular weight is 481 g/mol. The number of methoxy groups -OCH3 is 1. The molecule has 0 unspecified atom stereocenters. The zero-order valence-electron chi connectivity index (χ0n) is 19.4. The lowest BCUT2D eigenvalue weighted by molar-refractivity contribution is -0.0560. The van der Waals surface area contributed by atoms with E-state index in [9.17, 15) is 14.0 Å². The highest BCUT2D eigenvalue weighted by Crippen LogP contribution is 2.45. The zero-order chi connectivity index (χ0) is 24.5. The molecule has 0 bridgehead atoms. The second-order valence-corrected chi connectivity index (χ2v) is 9.83. The van der Waals surface area contributed by atoms with E-state index in [0.29, 0.717) is 29.2 Å². The predicted octanol–water partition coefficient (Wildman–Crippen LogP) is 6.72. The van der Waals surface area contributed by atoms with Crippen molar-refractivity contribution in [2.45, 2.75) is 31.4 Å². The molecule has 0 aromatic heterocycles. The molecule has 3 aromatic carbocycles. The largest absolute Gasteiger partial charge is 0.378 e. The molecule has 0 radical (unpaired) electrons. The quantitative estimate of drug-likeness (QED) is 0.376. The Bertz CT molecular complexity index is 1180. The van der Waals surface area contributed by atoms with E-state index in [-0.39, 0.29) is 17.9 Å². The molecular formula is C28H27ClF2N2O. The van der Waals surface area contributed by atoms with E-state index in [0.717, 1.165) is 17.2 Å². The van der Waals surface area contributed by atoms with Gasteiger partial charge in [-0.25, -0.2) is 8.78 Å². The van der Waals surface area contributed by atoms with Crippen molar-refractivity contribution in [1.29, 1.82) is 5.26 Å². The van der Waals surface area contributed by atoms with Crippen LogP contribution in [-0.4, -0.2) is 30.7 Å². The van der Waals surface area contributed by atoms with Gasteiger partial charge in [-0.3, -0.25) is 4.90 Å². The summed E-state index contributed by atoms with van der Waals surface area (Å²) >= 11 is 6.13. The second kappa shape index (κ2) is 9.84. The number of likely N-dealkylation sites (tertiary alicyclic amines) is 1. The standard InChI is InChI=1S/C28H27ClF2N2O/c1-28(2,34-3)26(21-12-24(30)14-25(31)13-21)22-16-33(17-22)27(19-7-9-23(29)10-8-19)20-6-4-5-18(11-20)15-32/h4-14,22,26-27H,16-17H2,1-3H3/t26-,27+/m1/s1. The summed E-state index contributed by atoms with van der Waals surface area (Å²) in [5.74, 6) is -1.24. The van der Waals surface area contributed by atoms with Crippen molar-refractivity contribution in [1.82, 2.24) is 4.90 Å². The Balaban J connectivity index is 1.67. The average Bonchev–Trinajstić information content (AvgIpc) is 2.78. The Morgan fingerprint density at radius 2 is 1.62 bits per heavy atom. The van der Waals surface area contributed by atoms with E-state index in [4.69, 9.17) is 16.3 Å². The maximum Gasteiger partial charge on any atom is 0.126 e. The van der Waals surface area contributed by atoms with Crippen LogP contribution in [0.1, 0.15) is 48.1 Å². The summed E-state index contributed by atoms with van der Waals surface area (Å²) in [6.07, 6.45) is 0. The summed E-state index contributed by atoms with van der Waals surface area (Å²) in [6, 6.07) is 21.2. The van der Waals surface area contributed by atoms with Gasteiger partial charge in [0.2, 0.25) is 0 Å². The minimum Gasteiger partial charge on any atom is -0.378 e. The normalized spacial score (nSPS) is 16.5. The number of halogens is 3. The number of nitriles is 1. The van der Waals surface area contributed by atoms with Gasteiger partial charge in [-0.05, 0) is 72.9 Å². The van der Waals surface area contributed by atoms with Crippen molar-refractivity contribution in [3.05, 3.63) is 106 Å². The highest BCUT2D eigenvalue weighted by Gasteiger charge is 2.45. The van der Waals surface area contributed by atoms with Gasteiger partial charge in [-0.2, -0.15) is 5.26 Å². The highest BCUT2D eigenvalue weighted by molar-refractivity contribution is 6.30. The number of ether oxygens (including phenoxy) is 1. The first-order valence-corrected chi connectivity index (χ1v) is 11.6. The maximum atomic E-state index is 14.1. The Kier molecular flexibility index (Phi) is 7.04. The summed E-state index contributed by atoms with van der Waals surface area (Å²) in [5.41, 5.74) is 2.66. The molecule has 1 saturated heterocycles. The van der Waals surface area contributed by atoms with Crippen LogP contribution < -0.4 is 0 Å². The van der Waals surface area contributed by atoms with E-state index in [1.54, 1.807) is 13.2 Å². The van der Waals surface area contributed by atoms with E-state index < -0.39 is 17.2 Å². The number of benzene rings is 3. The molecule has 0 saturated carbocycles. The monoisotopic (exact) mass is 480 g/mol. The first-order valence-electron chi connectivity index (χ1n) is 11.2. The molecule has 4 rings (SSSR count). The number of hydrogen-bond donors (Lipinski definition) is 0. The predicted molar refractivity (Wildman–Crippen MR) is 130 cm³/mol. The van der Waals surface area contributed by atoms with Gasteiger partial charge in [-0.1, -0.05) is 35.9 Å². The topological polar surface area (TPSA) is 36.3 Å². The van der Waals surface area contributed by atoms with Crippen molar-refractivity contribution in [2.75, 3.05) is 20.2 Å². The molecule has 2 atom stereocenters. The molecule has 3 nitrogen and oxygen atoms in total. The van der Waals surface area contributed by atoms with E-state index >= 15 is 0 Å². The van der Waals surface area contributed by atoms with Crippen molar-refractivity contribution in [3.63, 3.8) is 0 Å². The van der Waals surface area contributed by atoms with Crippen LogP contribution in [0.2, 0.25) is 5.02 Å². The smallest absolute Gasteiger partial charge is 0.126 e. The summed E-state index contributed by atoms with van der Waals surface area (Å²) in [6.45, 7) is 5.33. The maximum absolute atomic E-state index is 14.1. The zero-order valence-corrected chi connectivity index (χ0v) is 20.2. The van der Waals surface area contributed by atoms with Gasteiger partial charge in [-0.15, -0.1) is 0 Å². The Morgan fingerprint density at radius 1 is 0.971 bits per heavy atom. The molecule has 3 aromatic rings. The highest BCUT2D eigenvalue weighted by atomic mass is 35.5. The van der Waals surface area contributed by atoms with Crippen LogP contribution in [0.3, 0.4) is 0 Å². The van der Waals surface area contributed by atoms with Gasteiger partial charge in [0, 0.05) is 37.2 Å². The molecule has 176 valence electrons. The van der Waals surface area contributed by atoms with Gasteiger partial charge < -0.3 is 4.74 Å². The molecular weight excluding hydrogens is 454 g/mol. The Labute approximate surface area is 204 Å². The van der Waals surface area contributed by atoms with Gasteiger partial charge in [0.25, 0.3) is 0 Å². The third-order valence-corrected chi connectivity index (χ3v) is 7.06. The fraction of sp³-hybridized carbons (Fsp3) is 0.321. The first-order chi connectivity index (χ1) is 16.2. The van der Waals surface area contributed by atoms with Gasteiger partial charge in [0.05, 0.1) is 23.3 Å². The SMILES string of the molecule is COC(C)(C)[C@H](c1cc(F)cc(F)c1)C1CN([C@@H](c2ccc(Cl)cc2)c2cccc(C#N)c2)C1. The van der Waals surface area contributed by atoms with Crippen molar-refractivity contribution in [2.24, 2.45) is 5.92 Å². The van der Waals surface area contributed by atoms with Crippen LogP contribution in [0.5, 0.6) is 0 Å². The van der Waals surface area contributed by atoms with E-state index in [2.05, 4.69) is 11.0 Å². The van der Waals surface area contributed by atoms with Gasteiger partial charge >= 0.3 is 0 Å². The lowest BCUT2D eigenvalue weighted by Gasteiger charge is -2.51. The Morgan fingerprint density at radius 3 is 2.21 bits per heavy atom. The molecule has 0 spiro atoms. The summed E-state index contributed by atoms with van der Waals surface area (Å²) in [7, 11) is 1.63. The van der Waals surface area contributed by atoms with Crippen LogP contribution >= 0.6 is 11.6 Å². The number of nitrogens with zero attached hydrogens (tertiary/aromatic N) is 2. The Hall–Kier alpha value is -2.78. The third kappa shape index (κ3) is 5.00. The molecule has 34 heavy (non-hydrogen) atoms. The van der Waals surface area contributed by atoms with E-state index in [1.165, 1.54) is 12.1 Å². The van der Waals surface area contributed by atoms with Crippen molar-refractivity contribution in [3.8, 4) is 6.07 Å². The number of rotatable bonds is 7. The lowest BCUT2D eigenvalue weighted by Crippen LogP contribution is -2.54. The molecule has 1 fully saturated rings. The minimum absolute atomic E-state index is 0.0719. The van der Waals surface area contributed by atoms with Crippen molar-refractivity contribution < 1.29 is 13.5 Å². The third-order valence-electron chi connectivity index (χ3n) is 6.81. The first kappa shape index (κ1) is 24.3. The van der Waals surface area contributed by atoms with Crippen molar-refractivity contribution >= 4 is 11.6 Å². The fourth-order valence-electron chi connectivity index (χ4n) is 5.13. The van der Waals surface area contributed by atoms with Crippen LogP contribution in [0.4, 0.5) is 8.78 Å². The second-order valence-electron chi connectivity index (χ2n) is 9.39.